The van der Waals surface area contributed by atoms with Crippen LogP contribution in [0.4, 0.5) is 0 Å². The van der Waals surface area contributed by atoms with Crippen LogP contribution in [0.5, 0.6) is 0 Å². The van der Waals surface area contributed by atoms with Crippen molar-refractivity contribution in [2.24, 2.45) is 0 Å². The third-order valence-corrected chi connectivity index (χ3v) is 3.84. The van der Waals surface area contributed by atoms with Crippen LogP contribution in [-0.2, 0) is 4.74 Å². The Morgan fingerprint density at radius 2 is 2.15 bits per heavy atom. The largest absolute Gasteiger partial charge is 0.388 e. The summed E-state index contributed by atoms with van der Waals surface area (Å²) in [6.07, 6.45) is 2.93. The van der Waals surface area contributed by atoms with Crippen molar-refractivity contribution in [3.63, 3.8) is 0 Å². The summed E-state index contributed by atoms with van der Waals surface area (Å²) in [6.45, 7) is 1.34. The summed E-state index contributed by atoms with van der Waals surface area (Å²) in [5, 5.41) is 14.1. The maximum absolute atomic E-state index is 12.3. The predicted molar refractivity (Wildman–Crippen MR) is 75.6 cm³/mol. The smallest absolute Gasteiger partial charge is 0.252 e. The normalized spacial score (nSPS) is 18.1. The molecule has 5 nitrogen and oxygen atoms in total. The first-order chi connectivity index (χ1) is 9.68. The molecule has 0 bridgehead atoms. The molecule has 0 unspecified atom stereocenters. The van der Waals surface area contributed by atoms with Crippen molar-refractivity contribution in [3.8, 4) is 0 Å². The van der Waals surface area contributed by atoms with Crippen molar-refractivity contribution >= 4 is 16.8 Å². The van der Waals surface area contributed by atoms with Crippen LogP contribution in [-0.4, -0.2) is 41.4 Å². The van der Waals surface area contributed by atoms with E-state index in [-0.39, 0.29) is 12.5 Å². The van der Waals surface area contributed by atoms with Crippen LogP contribution in [0.3, 0.4) is 0 Å². The highest BCUT2D eigenvalue weighted by Gasteiger charge is 2.30. The minimum Gasteiger partial charge on any atom is -0.388 e. The highest BCUT2D eigenvalue weighted by molar-refractivity contribution is 6.06. The first-order valence-electron chi connectivity index (χ1n) is 6.82. The number of fused-ring (bicyclic) bond motifs is 1. The Kier molecular flexibility index (Phi) is 3.46. The number of amides is 1. The standard InChI is InChI=1S/C15H18N2O3/c18-14(17-10-15(19)5-8-20-9-6-15)12-2-1-3-13-11(12)4-7-16-13/h1-4,7,16,19H,5-6,8-10H2,(H,17,18). The molecule has 1 amide bonds. The van der Waals surface area contributed by atoms with Gasteiger partial charge in [-0.05, 0) is 18.2 Å². The van der Waals surface area contributed by atoms with Gasteiger partial charge in [-0.2, -0.15) is 0 Å². The number of hydrogen-bond acceptors (Lipinski definition) is 3. The lowest BCUT2D eigenvalue weighted by atomic mass is 9.94. The molecule has 1 aromatic carbocycles. The quantitative estimate of drug-likeness (QED) is 0.793. The fraction of sp³-hybridized carbons (Fsp3) is 0.400. The van der Waals surface area contributed by atoms with E-state index in [9.17, 15) is 9.90 Å². The molecule has 5 heteroatoms. The zero-order chi connectivity index (χ0) is 14.0. The molecule has 106 valence electrons. The van der Waals surface area contributed by atoms with Crippen LogP contribution in [0.15, 0.2) is 30.5 Å². The van der Waals surface area contributed by atoms with Crippen molar-refractivity contribution in [2.75, 3.05) is 19.8 Å². The van der Waals surface area contributed by atoms with Gasteiger partial charge in [-0.1, -0.05) is 6.07 Å². The maximum atomic E-state index is 12.3. The van der Waals surface area contributed by atoms with Crippen LogP contribution < -0.4 is 5.32 Å². The number of hydrogen-bond donors (Lipinski definition) is 3. The fourth-order valence-corrected chi connectivity index (χ4v) is 2.55. The number of aliphatic hydroxyl groups is 1. The van der Waals surface area contributed by atoms with Crippen LogP contribution in [0.25, 0.3) is 10.9 Å². The van der Waals surface area contributed by atoms with Gasteiger partial charge < -0.3 is 20.1 Å². The minimum absolute atomic E-state index is 0.157. The lowest BCUT2D eigenvalue weighted by Gasteiger charge is -2.32. The summed E-state index contributed by atoms with van der Waals surface area (Å²) in [5.41, 5.74) is 0.710. The van der Waals surface area contributed by atoms with Crippen molar-refractivity contribution in [1.29, 1.82) is 0 Å². The van der Waals surface area contributed by atoms with E-state index in [0.29, 0.717) is 31.6 Å². The van der Waals surface area contributed by atoms with Crippen LogP contribution >= 0.6 is 0 Å². The van der Waals surface area contributed by atoms with Crippen LogP contribution in [0.1, 0.15) is 23.2 Å². The Morgan fingerprint density at radius 1 is 1.35 bits per heavy atom. The predicted octanol–water partition coefficient (Wildman–Crippen LogP) is 1.44. The summed E-state index contributed by atoms with van der Waals surface area (Å²) < 4.78 is 5.23. The molecular formula is C15H18N2O3. The van der Waals surface area contributed by atoms with Gasteiger partial charge >= 0.3 is 0 Å². The Bertz CT molecular complexity index is 614. The topological polar surface area (TPSA) is 74.3 Å². The third kappa shape index (κ3) is 2.55. The number of aromatic nitrogens is 1. The van der Waals surface area contributed by atoms with Crippen LogP contribution in [0.2, 0.25) is 0 Å². The molecule has 1 fully saturated rings. The van der Waals surface area contributed by atoms with Gasteiger partial charge in [-0.3, -0.25) is 4.79 Å². The average molecular weight is 274 g/mol. The van der Waals surface area contributed by atoms with E-state index in [1.54, 1.807) is 6.07 Å². The molecule has 1 saturated heterocycles. The van der Waals surface area contributed by atoms with E-state index in [2.05, 4.69) is 10.3 Å². The van der Waals surface area contributed by atoms with E-state index in [0.717, 1.165) is 10.9 Å². The van der Waals surface area contributed by atoms with Crippen molar-refractivity contribution in [1.82, 2.24) is 10.3 Å². The molecule has 0 radical (unpaired) electrons. The van der Waals surface area contributed by atoms with Gasteiger partial charge in [0.2, 0.25) is 0 Å². The summed E-state index contributed by atoms with van der Waals surface area (Å²) in [7, 11) is 0. The second-order valence-corrected chi connectivity index (χ2v) is 5.26. The molecule has 1 aromatic heterocycles. The first kappa shape index (κ1) is 13.1. The molecule has 3 N–H and O–H groups in total. The lowest BCUT2D eigenvalue weighted by Crippen LogP contribution is -2.46. The van der Waals surface area contributed by atoms with Gasteiger partial charge in [0.05, 0.1) is 5.60 Å². The minimum atomic E-state index is -0.847. The average Bonchev–Trinajstić information content (AvgIpc) is 2.94. The van der Waals surface area contributed by atoms with Crippen molar-refractivity contribution < 1.29 is 14.6 Å². The van der Waals surface area contributed by atoms with Gasteiger partial charge in [0.1, 0.15) is 0 Å². The SMILES string of the molecule is O=C(NCC1(O)CCOCC1)c1cccc2[nH]ccc12. The Labute approximate surface area is 116 Å². The molecule has 1 aliphatic heterocycles. The number of nitrogens with one attached hydrogen (secondary N) is 2. The third-order valence-electron chi connectivity index (χ3n) is 3.84. The fourth-order valence-electron chi connectivity index (χ4n) is 2.55. The molecule has 0 saturated carbocycles. The Hall–Kier alpha value is -1.85. The summed E-state index contributed by atoms with van der Waals surface area (Å²) in [6, 6.07) is 7.45. The van der Waals surface area contributed by atoms with Crippen molar-refractivity contribution in [3.05, 3.63) is 36.0 Å². The van der Waals surface area contributed by atoms with E-state index >= 15 is 0 Å². The molecule has 2 heterocycles. The van der Waals surface area contributed by atoms with E-state index in [1.165, 1.54) is 0 Å². The molecule has 20 heavy (non-hydrogen) atoms. The molecule has 3 rings (SSSR count). The second-order valence-electron chi connectivity index (χ2n) is 5.26. The number of aromatic amines is 1. The Balaban J connectivity index is 1.71. The van der Waals surface area contributed by atoms with Gasteiger partial charge in [0, 0.05) is 55.3 Å². The number of carbonyl (C=O) groups excluding carboxylic acids is 1. The Morgan fingerprint density at radius 3 is 2.95 bits per heavy atom. The molecule has 1 aliphatic rings. The number of H-pyrrole nitrogens is 1. The molecular weight excluding hydrogens is 256 g/mol. The van der Waals surface area contributed by atoms with Crippen molar-refractivity contribution in [2.45, 2.75) is 18.4 Å². The highest BCUT2D eigenvalue weighted by atomic mass is 16.5. The van der Waals surface area contributed by atoms with Gasteiger partial charge in [0.25, 0.3) is 5.91 Å². The van der Waals surface area contributed by atoms with Gasteiger partial charge in [0.15, 0.2) is 0 Å². The summed E-state index contributed by atoms with van der Waals surface area (Å²) >= 11 is 0. The molecule has 0 atom stereocenters. The maximum Gasteiger partial charge on any atom is 0.252 e. The number of ether oxygens (including phenoxy) is 1. The zero-order valence-electron chi connectivity index (χ0n) is 11.2. The summed E-state index contributed by atoms with van der Waals surface area (Å²) in [5.74, 6) is -0.157. The zero-order valence-corrected chi connectivity index (χ0v) is 11.2. The number of carbonyl (C=O) groups is 1. The van der Waals surface area contributed by atoms with Gasteiger partial charge in [-0.15, -0.1) is 0 Å². The lowest BCUT2D eigenvalue weighted by molar-refractivity contribution is -0.0605. The molecule has 0 spiro atoms. The molecule has 2 aromatic rings. The van der Waals surface area contributed by atoms with E-state index < -0.39 is 5.60 Å². The summed E-state index contributed by atoms with van der Waals surface area (Å²) in [4.78, 5) is 15.4. The van der Waals surface area contributed by atoms with Crippen LogP contribution in [0, 0.1) is 0 Å². The van der Waals surface area contributed by atoms with E-state index in [4.69, 9.17) is 4.74 Å². The van der Waals surface area contributed by atoms with E-state index in [1.807, 2.05) is 24.4 Å². The van der Waals surface area contributed by atoms with Gasteiger partial charge in [-0.25, -0.2) is 0 Å². The number of rotatable bonds is 3. The monoisotopic (exact) mass is 274 g/mol. The number of benzene rings is 1. The second kappa shape index (κ2) is 5.26. The first-order valence-corrected chi connectivity index (χ1v) is 6.82. The molecule has 0 aliphatic carbocycles. The highest BCUT2D eigenvalue weighted by Crippen LogP contribution is 2.20.